The molecule has 4 heterocycles. The molecular formula is C27H49NO17. The van der Waals surface area contributed by atoms with Crippen LogP contribution in [0.4, 0.5) is 0 Å². The van der Waals surface area contributed by atoms with Gasteiger partial charge in [-0.05, 0) is 27.2 Å². The van der Waals surface area contributed by atoms with E-state index < -0.39 is 136 Å². The fourth-order valence-electron chi connectivity index (χ4n) is 6.10. The van der Waals surface area contributed by atoms with Crippen molar-refractivity contribution in [1.29, 1.82) is 0 Å². The van der Waals surface area contributed by atoms with Gasteiger partial charge in [-0.1, -0.05) is 0 Å². The first-order valence-electron chi connectivity index (χ1n) is 15.2. The second-order valence-electron chi connectivity index (χ2n) is 12.2. The Bertz CT molecular complexity index is 923. The first kappa shape index (κ1) is 37.1. The highest BCUT2D eigenvalue weighted by atomic mass is 16.8. The third-order valence-electron chi connectivity index (χ3n) is 9.06. The summed E-state index contributed by atoms with van der Waals surface area (Å²) in [4.78, 5) is 0. The lowest BCUT2D eigenvalue weighted by molar-refractivity contribution is -0.379. The van der Waals surface area contributed by atoms with Gasteiger partial charge in [-0.2, -0.15) is 0 Å². The Balaban J connectivity index is 1.53. The van der Waals surface area contributed by atoms with Crippen LogP contribution < -0.4 is 5.73 Å². The average molecular weight is 660 g/mol. The molecule has 0 radical (unpaired) electrons. The van der Waals surface area contributed by atoms with Crippen LogP contribution in [0.25, 0.3) is 0 Å². The van der Waals surface area contributed by atoms with Gasteiger partial charge in [0.15, 0.2) is 12.6 Å². The summed E-state index contributed by atoms with van der Waals surface area (Å²) in [7, 11) is 0. The number of hydrogen-bond acceptors (Lipinski definition) is 18. The quantitative estimate of drug-likeness (QED) is 0.104. The van der Waals surface area contributed by atoms with Gasteiger partial charge in [0.05, 0.1) is 43.7 Å². The predicted octanol–water partition coefficient (Wildman–Crippen LogP) is -6.22. The molecule has 20 atom stereocenters. The van der Waals surface area contributed by atoms with Crippen molar-refractivity contribution in [2.45, 2.75) is 150 Å². The summed E-state index contributed by atoms with van der Waals surface area (Å²) < 4.78 is 40.7. The van der Waals surface area contributed by atoms with E-state index in [-0.39, 0.29) is 13.0 Å². The topological polar surface area (TPSA) is 293 Å². The van der Waals surface area contributed by atoms with Crippen molar-refractivity contribution in [3.05, 3.63) is 0 Å². The molecule has 13 unspecified atom stereocenters. The van der Waals surface area contributed by atoms with Gasteiger partial charge in [-0.15, -0.1) is 0 Å². The third-order valence-corrected chi connectivity index (χ3v) is 9.06. The Morgan fingerprint density at radius 1 is 0.511 bits per heavy atom. The van der Waals surface area contributed by atoms with Crippen molar-refractivity contribution in [3.8, 4) is 0 Å². The Morgan fingerprint density at radius 3 is 1.67 bits per heavy atom. The smallest absolute Gasteiger partial charge is 0.187 e. The molecule has 0 saturated carbocycles. The molecule has 0 bridgehead atoms. The van der Waals surface area contributed by atoms with Gasteiger partial charge in [0, 0.05) is 6.61 Å². The number of aliphatic hydroxyl groups excluding tert-OH is 10. The molecule has 18 heteroatoms. The predicted molar refractivity (Wildman–Crippen MR) is 146 cm³/mol. The molecule has 18 nitrogen and oxygen atoms in total. The van der Waals surface area contributed by atoms with Gasteiger partial charge in [-0.25, -0.2) is 0 Å². The highest BCUT2D eigenvalue weighted by molar-refractivity contribution is 4.99. The minimum atomic E-state index is -1.78. The number of nitrogens with two attached hydrogens (primary N) is 1. The summed E-state index contributed by atoms with van der Waals surface area (Å²) in [5, 5.41) is 103. The van der Waals surface area contributed by atoms with Crippen molar-refractivity contribution in [3.63, 3.8) is 0 Å². The molecule has 12 N–H and O–H groups in total. The van der Waals surface area contributed by atoms with Crippen molar-refractivity contribution in [1.82, 2.24) is 0 Å². The third kappa shape index (κ3) is 7.79. The van der Waals surface area contributed by atoms with Gasteiger partial charge < -0.3 is 90.0 Å². The average Bonchev–Trinajstić information content (AvgIpc) is 3.02. The molecule has 0 aromatic carbocycles. The molecule has 4 aliphatic rings. The molecule has 4 aliphatic heterocycles. The van der Waals surface area contributed by atoms with Crippen LogP contribution in [-0.2, 0) is 33.2 Å². The standard InChI is InChI=1S/C27H49NO17/c1-8-14(28)24(39-5-4-11-17(33)19(35)15(31)9(2)41-11)23(13(7-30)40-8)44-27-25(21(37)18(34)12(6-29)43-27)45-26-22(38)20(36)16(32)10(3)42-26/h8-27,29-38H,4-7,28H2,1-3H3/t8?,9?,10?,11-,12?,13?,14?,15-,16+,17?,18+,19?,20?,21?,22?,23+,24?,25?,26+,27+/m1/s1. The highest BCUT2D eigenvalue weighted by Gasteiger charge is 2.53. The maximum atomic E-state index is 11.0. The zero-order chi connectivity index (χ0) is 33.3. The van der Waals surface area contributed by atoms with Crippen LogP contribution in [0.1, 0.15) is 27.2 Å². The SMILES string of the molecule is CC1OC(CO)[C@H](O[C@@H]2OC(CO)[C@H](O)C(O)C2O[C@@H]2OC(C)[C@H](O)C(O)C2O)C(OCC[C@H]2OC(C)[C@@H](O)C(O)C2O)C1N. The molecule has 0 aromatic heterocycles. The Morgan fingerprint density at radius 2 is 1.04 bits per heavy atom. The van der Waals surface area contributed by atoms with Gasteiger partial charge in [0.2, 0.25) is 0 Å². The van der Waals surface area contributed by atoms with Crippen LogP contribution in [0.3, 0.4) is 0 Å². The van der Waals surface area contributed by atoms with Crippen LogP contribution in [0, 0.1) is 0 Å². The number of aliphatic hydroxyl groups is 10. The van der Waals surface area contributed by atoms with E-state index in [0.29, 0.717) is 0 Å². The van der Waals surface area contributed by atoms with Gasteiger partial charge >= 0.3 is 0 Å². The maximum Gasteiger partial charge on any atom is 0.187 e. The van der Waals surface area contributed by atoms with E-state index in [0.717, 1.165) is 0 Å². The number of ether oxygens (including phenoxy) is 7. The molecule has 4 rings (SSSR count). The molecule has 0 amide bonds. The van der Waals surface area contributed by atoms with Crippen LogP contribution in [0.15, 0.2) is 0 Å². The second kappa shape index (κ2) is 15.7. The first-order valence-corrected chi connectivity index (χ1v) is 15.2. The summed E-state index contributed by atoms with van der Waals surface area (Å²) in [5.74, 6) is 0. The minimum Gasteiger partial charge on any atom is -0.394 e. The Kier molecular flexibility index (Phi) is 12.9. The van der Waals surface area contributed by atoms with Gasteiger partial charge in [-0.3, -0.25) is 0 Å². The lowest BCUT2D eigenvalue weighted by Crippen LogP contribution is -2.67. The van der Waals surface area contributed by atoms with Crippen LogP contribution in [-0.4, -0.2) is 193 Å². The molecule has 4 fully saturated rings. The normalized spacial score (nSPS) is 52.9. The fraction of sp³-hybridized carbons (Fsp3) is 1.00. The summed E-state index contributed by atoms with van der Waals surface area (Å²) in [6.07, 6.45) is -25.2. The van der Waals surface area contributed by atoms with E-state index in [1.54, 1.807) is 13.8 Å². The number of rotatable bonds is 10. The van der Waals surface area contributed by atoms with E-state index in [2.05, 4.69) is 0 Å². The monoisotopic (exact) mass is 659 g/mol. The first-order chi connectivity index (χ1) is 21.2. The van der Waals surface area contributed by atoms with Crippen LogP contribution in [0.2, 0.25) is 0 Å². The van der Waals surface area contributed by atoms with Crippen LogP contribution in [0.5, 0.6) is 0 Å². The molecule has 0 aliphatic carbocycles. The Hall–Kier alpha value is -0.720. The van der Waals surface area contributed by atoms with Gasteiger partial charge in [0.1, 0.15) is 79.4 Å². The van der Waals surface area contributed by atoms with Crippen molar-refractivity contribution >= 4 is 0 Å². The molecular weight excluding hydrogens is 610 g/mol. The number of hydrogen-bond donors (Lipinski definition) is 11. The molecule has 45 heavy (non-hydrogen) atoms. The zero-order valence-electron chi connectivity index (χ0n) is 25.3. The molecule has 4 saturated heterocycles. The highest BCUT2D eigenvalue weighted by Crippen LogP contribution is 2.33. The molecule has 0 spiro atoms. The van der Waals surface area contributed by atoms with Crippen LogP contribution >= 0.6 is 0 Å². The lowest BCUT2D eigenvalue weighted by Gasteiger charge is -2.49. The Labute approximate surface area is 259 Å². The molecule has 264 valence electrons. The van der Waals surface area contributed by atoms with Crippen molar-refractivity contribution in [2.24, 2.45) is 5.73 Å². The molecule has 0 aromatic rings. The second-order valence-corrected chi connectivity index (χ2v) is 12.2. The summed E-state index contributed by atoms with van der Waals surface area (Å²) in [6.45, 7) is 3.22. The van der Waals surface area contributed by atoms with E-state index in [1.165, 1.54) is 6.92 Å². The summed E-state index contributed by atoms with van der Waals surface area (Å²) in [6, 6.07) is -0.852. The lowest BCUT2D eigenvalue weighted by atomic mass is 9.92. The zero-order valence-corrected chi connectivity index (χ0v) is 25.3. The van der Waals surface area contributed by atoms with E-state index in [4.69, 9.17) is 38.9 Å². The van der Waals surface area contributed by atoms with Crippen molar-refractivity contribution < 1.29 is 84.2 Å². The van der Waals surface area contributed by atoms with Crippen molar-refractivity contribution in [2.75, 3.05) is 19.8 Å². The largest absolute Gasteiger partial charge is 0.394 e. The van der Waals surface area contributed by atoms with Gasteiger partial charge in [0.25, 0.3) is 0 Å². The van der Waals surface area contributed by atoms with E-state index in [9.17, 15) is 51.1 Å². The van der Waals surface area contributed by atoms with E-state index >= 15 is 0 Å². The minimum absolute atomic E-state index is 0.0662. The summed E-state index contributed by atoms with van der Waals surface area (Å²) >= 11 is 0. The summed E-state index contributed by atoms with van der Waals surface area (Å²) in [5.41, 5.74) is 6.42. The fourth-order valence-corrected chi connectivity index (χ4v) is 6.10. The maximum absolute atomic E-state index is 11.0. The van der Waals surface area contributed by atoms with E-state index in [1.807, 2.05) is 0 Å².